The Bertz CT molecular complexity index is 628. The lowest BCUT2D eigenvalue weighted by molar-refractivity contribution is 0.306. The van der Waals surface area contributed by atoms with Gasteiger partial charge in [-0.1, -0.05) is 12.1 Å². The molecule has 0 aliphatic rings. The van der Waals surface area contributed by atoms with E-state index in [1.807, 2.05) is 42.5 Å². The van der Waals surface area contributed by atoms with Crippen molar-refractivity contribution in [2.75, 3.05) is 5.73 Å². The first-order chi connectivity index (χ1) is 8.81. The van der Waals surface area contributed by atoms with E-state index in [1.54, 1.807) is 11.3 Å². The number of benzene rings is 2. The van der Waals surface area contributed by atoms with Gasteiger partial charge < -0.3 is 10.5 Å². The minimum atomic E-state index is 0.489. The Morgan fingerprint density at radius 2 is 1.83 bits per heavy atom. The number of rotatable bonds is 3. The third kappa shape index (κ3) is 2.28. The molecule has 3 aromatic rings. The van der Waals surface area contributed by atoms with Gasteiger partial charge in [-0.3, -0.25) is 0 Å². The Balaban J connectivity index is 1.74. The second-order valence-corrected chi connectivity index (χ2v) is 5.05. The summed E-state index contributed by atoms with van der Waals surface area (Å²) in [5, 5.41) is 0.980. The van der Waals surface area contributed by atoms with Crippen LogP contribution in [0.2, 0.25) is 0 Å². The number of nitrogens with zero attached hydrogens (tertiary/aromatic N) is 1. The molecule has 0 spiro atoms. The maximum Gasteiger partial charge on any atom is 0.140 e. The van der Waals surface area contributed by atoms with Crippen LogP contribution in [0.5, 0.6) is 5.75 Å². The highest BCUT2D eigenvalue weighted by atomic mass is 32.1. The Hall–Kier alpha value is -2.07. The van der Waals surface area contributed by atoms with Gasteiger partial charge in [0.1, 0.15) is 17.4 Å². The Morgan fingerprint density at radius 1 is 1.06 bits per heavy atom. The van der Waals surface area contributed by atoms with E-state index in [1.165, 1.54) is 4.70 Å². The molecule has 3 nitrogen and oxygen atoms in total. The van der Waals surface area contributed by atoms with Gasteiger partial charge in [-0.2, -0.15) is 0 Å². The summed E-state index contributed by atoms with van der Waals surface area (Å²) in [5.74, 6) is 0.809. The van der Waals surface area contributed by atoms with Gasteiger partial charge in [0.2, 0.25) is 0 Å². The molecule has 3 rings (SSSR count). The fourth-order valence-electron chi connectivity index (χ4n) is 1.69. The highest BCUT2D eigenvalue weighted by molar-refractivity contribution is 7.18. The van der Waals surface area contributed by atoms with Crippen LogP contribution in [0.3, 0.4) is 0 Å². The van der Waals surface area contributed by atoms with Gasteiger partial charge in [-0.15, -0.1) is 11.3 Å². The maximum atomic E-state index is 5.67. The zero-order chi connectivity index (χ0) is 12.4. The topological polar surface area (TPSA) is 48.1 Å². The molecule has 0 fully saturated rings. The van der Waals surface area contributed by atoms with E-state index < -0.39 is 0 Å². The van der Waals surface area contributed by atoms with Gasteiger partial charge >= 0.3 is 0 Å². The number of hydrogen-bond donors (Lipinski definition) is 1. The van der Waals surface area contributed by atoms with Crippen LogP contribution >= 0.6 is 11.3 Å². The predicted molar refractivity (Wildman–Crippen MR) is 74.8 cm³/mol. The lowest BCUT2D eigenvalue weighted by Crippen LogP contribution is -1.94. The lowest BCUT2D eigenvalue weighted by atomic mass is 10.3. The van der Waals surface area contributed by atoms with Crippen molar-refractivity contribution in [3.05, 3.63) is 53.5 Å². The van der Waals surface area contributed by atoms with Crippen LogP contribution < -0.4 is 10.5 Å². The monoisotopic (exact) mass is 256 g/mol. The first-order valence-electron chi connectivity index (χ1n) is 5.64. The molecule has 90 valence electrons. The zero-order valence-corrected chi connectivity index (χ0v) is 10.5. The average molecular weight is 256 g/mol. The van der Waals surface area contributed by atoms with Gasteiger partial charge in [0.15, 0.2) is 0 Å². The second kappa shape index (κ2) is 4.66. The molecule has 0 aliphatic carbocycles. The fraction of sp³-hybridized carbons (Fsp3) is 0.0714. The van der Waals surface area contributed by atoms with Crippen molar-refractivity contribution in [3.63, 3.8) is 0 Å². The Labute approximate surface area is 109 Å². The number of fused-ring (bicyclic) bond motifs is 1. The van der Waals surface area contributed by atoms with Crippen LogP contribution in [0, 0.1) is 0 Å². The van der Waals surface area contributed by atoms with Crippen molar-refractivity contribution >= 4 is 27.2 Å². The van der Waals surface area contributed by atoms with Crippen molar-refractivity contribution in [1.29, 1.82) is 0 Å². The maximum absolute atomic E-state index is 5.67. The van der Waals surface area contributed by atoms with Crippen molar-refractivity contribution in [2.45, 2.75) is 6.61 Å². The zero-order valence-electron chi connectivity index (χ0n) is 9.67. The molecule has 18 heavy (non-hydrogen) atoms. The summed E-state index contributed by atoms with van der Waals surface area (Å²) in [4.78, 5) is 4.51. The molecule has 0 saturated heterocycles. The summed E-state index contributed by atoms with van der Waals surface area (Å²) in [5.41, 5.74) is 7.38. The Morgan fingerprint density at radius 3 is 2.61 bits per heavy atom. The fourth-order valence-corrected chi connectivity index (χ4v) is 2.57. The summed E-state index contributed by atoms with van der Waals surface area (Å²) < 4.78 is 6.86. The number of thiazole rings is 1. The molecule has 0 radical (unpaired) electrons. The number of aromatic nitrogens is 1. The molecular weight excluding hydrogens is 244 g/mol. The van der Waals surface area contributed by atoms with E-state index in [0.717, 1.165) is 22.0 Å². The number of ether oxygens (including phenoxy) is 1. The summed E-state index contributed by atoms with van der Waals surface area (Å²) >= 11 is 1.66. The molecule has 1 aromatic heterocycles. The van der Waals surface area contributed by atoms with E-state index in [2.05, 4.69) is 11.1 Å². The molecule has 0 saturated carbocycles. The molecule has 4 heteroatoms. The van der Waals surface area contributed by atoms with Crippen molar-refractivity contribution < 1.29 is 4.74 Å². The molecule has 0 aliphatic heterocycles. The van der Waals surface area contributed by atoms with Crippen LogP contribution in [-0.4, -0.2) is 4.98 Å². The normalized spacial score (nSPS) is 10.7. The molecule has 0 atom stereocenters. The number of hydrogen-bond acceptors (Lipinski definition) is 4. The molecule has 2 N–H and O–H groups in total. The van der Waals surface area contributed by atoms with E-state index in [9.17, 15) is 0 Å². The average Bonchev–Trinajstić information content (AvgIpc) is 2.81. The van der Waals surface area contributed by atoms with Crippen LogP contribution in [0.25, 0.3) is 10.2 Å². The van der Waals surface area contributed by atoms with Crippen molar-refractivity contribution in [2.24, 2.45) is 0 Å². The number of anilines is 1. The SMILES string of the molecule is Nc1ccc(OCc2nc3ccccc3s2)cc1. The minimum absolute atomic E-state index is 0.489. The van der Waals surface area contributed by atoms with E-state index in [0.29, 0.717) is 6.61 Å². The Kier molecular flexibility index (Phi) is 2.86. The first-order valence-corrected chi connectivity index (χ1v) is 6.46. The van der Waals surface area contributed by atoms with Crippen LogP contribution in [0.4, 0.5) is 5.69 Å². The van der Waals surface area contributed by atoms with Gasteiger partial charge in [0.05, 0.1) is 10.2 Å². The summed E-state index contributed by atoms with van der Waals surface area (Å²) in [6, 6.07) is 15.5. The quantitative estimate of drug-likeness (QED) is 0.730. The van der Waals surface area contributed by atoms with Crippen LogP contribution in [0.1, 0.15) is 5.01 Å². The van der Waals surface area contributed by atoms with Gasteiger partial charge in [-0.25, -0.2) is 4.98 Å². The largest absolute Gasteiger partial charge is 0.486 e. The summed E-state index contributed by atoms with van der Waals surface area (Å²) in [6.07, 6.45) is 0. The minimum Gasteiger partial charge on any atom is -0.486 e. The highest BCUT2D eigenvalue weighted by Gasteiger charge is 2.03. The third-order valence-electron chi connectivity index (χ3n) is 2.58. The number of para-hydroxylation sites is 1. The number of nitrogen functional groups attached to an aromatic ring is 1. The van der Waals surface area contributed by atoms with Crippen molar-refractivity contribution in [1.82, 2.24) is 4.98 Å². The molecule has 0 amide bonds. The van der Waals surface area contributed by atoms with Crippen LogP contribution in [-0.2, 0) is 6.61 Å². The molecular formula is C14H12N2OS. The first kappa shape index (κ1) is 11.0. The van der Waals surface area contributed by atoms with Crippen LogP contribution in [0.15, 0.2) is 48.5 Å². The van der Waals surface area contributed by atoms with E-state index in [4.69, 9.17) is 10.5 Å². The van der Waals surface area contributed by atoms with E-state index in [-0.39, 0.29) is 0 Å². The highest BCUT2D eigenvalue weighted by Crippen LogP contribution is 2.23. The molecule has 0 unspecified atom stereocenters. The summed E-state index contributed by atoms with van der Waals surface area (Å²) in [7, 11) is 0. The molecule has 2 aromatic carbocycles. The lowest BCUT2D eigenvalue weighted by Gasteiger charge is -2.03. The third-order valence-corrected chi connectivity index (χ3v) is 3.59. The van der Waals surface area contributed by atoms with Gasteiger partial charge in [-0.05, 0) is 36.4 Å². The van der Waals surface area contributed by atoms with Gasteiger partial charge in [0, 0.05) is 5.69 Å². The molecule has 1 heterocycles. The summed E-state index contributed by atoms with van der Waals surface area (Å²) in [6.45, 7) is 0.489. The van der Waals surface area contributed by atoms with Crippen molar-refractivity contribution in [3.8, 4) is 5.75 Å². The molecule has 0 bridgehead atoms. The smallest absolute Gasteiger partial charge is 0.140 e. The predicted octanol–water partition coefficient (Wildman–Crippen LogP) is 3.46. The van der Waals surface area contributed by atoms with Gasteiger partial charge in [0.25, 0.3) is 0 Å². The second-order valence-electron chi connectivity index (χ2n) is 3.93. The standard InChI is InChI=1S/C14H12N2OS/c15-10-5-7-11(8-6-10)17-9-14-16-12-3-1-2-4-13(12)18-14/h1-8H,9,15H2. The number of nitrogens with two attached hydrogens (primary N) is 1. The van der Waals surface area contributed by atoms with E-state index >= 15 is 0 Å².